The molecule has 0 aromatic carbocycles. The fourth-order valence-corrected chi connectivity index (χ4v) is 3.15. The zero-order valence-corrected chi connectivity index (χ0v) is 15.1. The number of likely N-dealkylation sites (N-methyl/N-ethyl adjacent to an activating group) is 1. The maximum absolute atomic E-state index is 11.9. The standard InChI is InChI=1S/C17H19N7O4/c1-18-14-9-15(23-13(22-14)8-4-3-5-20-6-8)24(7-21-9)17-11(26)10(25)12(28-17)16(27)19-2/h3-7,10-12,17,25-26H,1-2H3,(H,19,27)(H,18,22,23)/t10?,11?,12-,17?/m1/s1. The van der Waals surface area contributed by atoms with Crippen LogP contribution >= 0.6 is 0 Å². The van der Waals surface area contributed by atoms with Gasteiger partial charge in [0, 0.05) is 32.1 Å². The molecular weight excluding hydrogens is 366 g/mol. The van der Waals surface area contributed by atoms with Gasteiger partial charge in [0.2, 0.25) is 0 Å². The molecule has 28 heavy (non-hydrogen) atoms. The van der Waals surface area contributed by atoms with Crippen LogP contribution in [0.25, 0.3) is 22.6 Å². The predicted octanol–water partition coefficient (Wildman–Crippen LogP) is -0.705. The zero-order valence-electron chi connectivity index (χ0n) is 15.1. The van der Waals surface area contributed by atoms with Crippen LogP contribution in [0.3, 0.4) is 0 Å². The van der Waals surface area contributed by atoms with E-state index in [-0.39, 0.29) is 0 Å². The van der Waals surface area contributed by atoms with Gasteiger partial charge in [-0.25, -0.2) is 15.0 Å². The van der Waals surface area contributed by atoms with E-state index in [1.165, 1.54) is 17.9 Å². The third-order valence-electron chi connectivity index (χ3n) is 4.60. The first-order valence-electron chi connectivity index (χ1n) is 8.61. The van der Waals surface area contributed by atoms with Crippen molar-refractivity contribution in [3.8, 4) is 11.4 Å². The number of rotatable bonds is 4. The summed E-state index contributed by atoms with van der Waals surface area (Å²) in [6, 6.07) is 3.59. The maximum atomic E-state index is 11.9. The van der Waals surface area contributed by atoms with E-state index >= 15 is 0 Å². The lowest BCUT2D eigenvalue weighted by Crippen LogP contribution is -2.41. The number of fused-ring (bicyclic) bond motifs is 1. The molecule has 3 aromatic rings. The summed E-state index contributed by atoms with van der Waals surface area (Å²) in [4.78, 5) is 29.3. The summed E-state index contributed by atoms with van der Waals surface area (Å²) >= 11 is 0. The number of aromatic nitrogens is 5. The first-order valence-corrected chi connectivity index (χ1v) is 8.61. The van der Waals surface area contributed by atoms with Crippen LogP contribution in [0.5, 0.6) is 0 Å². The largest absolute Gasteiger partial charge is 0.387 e. The van der Waals surface area contributed by atoms with E-state index in [0.717, 1.165) is 0 Å². The quantitative estimate of drug-likeness (QED) is 0.457. The van der Waals surface area contributed by atoms with Crippen molar-refractivity contribution >= 4 is 22.9 Å². The minimum Gasteiger partial charge on any atom is -0.387 e. The van der Waals surface area contributed by atoms with Crippen LogP contribution in [-0.4, -0.2) is 73.0 Å². The van der Waals surface area contributed by atoms with Crippen molar-refractivity contribution in [2.75, 3.05) is 19.4 Å². The Hall–Kier alpha value is -3.15. The van der Waals surface area contributed by atoms with E-state index in [4.69, 9.17) is 4.74 Å². The number of aliphatic hydroxyl groups is 2. The van der Waals surface area contributed by atoms with Crippen molar-refractivity contribution < 1.29 is 19.7 Å². The van der Waals surface area contributed by atoms with Crippen LogP contribution in [-0.2, 0) is 9.53 Å². The highest BCUT2D eigenvalue weighted by atomic mass is 16.6. The number of nitrogens with zero attached hydrogens (tertiary/aromatic N) is 5. The molecule has 0 saturated carbocycles. The molecule has 1 aliphatic rings. The first-order chi connectivity index (χ1) is 13.5. The third kappa shape index (κ3) is 2.85. The van der Waals surface area contributed by atoms with Gasteiger partial charge in [-0.15, -0.1) is 0 Å². The van der Waals surface area contributed by atoms with Gasteiger partial charge in [-0.2, -0.15) is 0 Å². The van der Waals surface area contributed by atoms with Crippen molar-refractivity contribution in [1.82, 2.24) is 29.8 Å². The number of carbonyl (C=O) groups is 1. The summed E-state index contributed by atoms with van der Waals surface area (Å²) < 4.78 is 7.11. The summed E-state index contributed by atoms with van der Waals surface area (Å²) in [5.41, 5.74) is 1.54. The van der Waals surface area contributed by atoms with Gasteiger partial charge >= 0.3 is 0 Å². The summed E-state index contributed by atoms with van der Waals surface area (Å²) in [7, 11) is 3.14. The van der Waals surface area contributed by atoms with Crippen molar-refractivity contribution in [3.05, 3.63) is 30.9 Å². The van der Waals surface area contributed by atoms with Gasteiger partial charge in [-0.3, -0.25) is 14.3 Å². The molecule has 4 rings (SSSR count). The molecule has 4 atom stereocenters. The number of pyridine rings is 1. The average Bonchev–Trinajstić information content (AvgIpc) is 3.28. The van der Waals surface area contributed by atoms with E-state index in [1.807, 2.05) is 6.07 Å². The molecule has 0 spiro atoms. The van der Waals surface area contributed by atoms with Crippen LogP contribution in [0, 0.1) is 0 Å². The van der Waals surface area contributed by atoms with Crippen molar-refractivity contribution in [2.24, 2.45) is 0 Å². The molecule has 1 fully saturated rings. The summed E-state index contributed by atoms with van der Waals surface area (Å²) in [6.45, 7) is 0. The van der Waals surface area contributed by atoms with Crippen LogP contribution in [0.15, 0.2) is 30.9 Å². The van der Waals surface area contributed by atoms with Gasteiger partial charge in [-0.1, -0.05) is 0 Å². The lowest BCUT2D eigenvalue weighted by Gasteiger charge is -2.16. The second kappa shape index (κ2) is 7.11. The highest BCUT2D eigenvalue weighted by Crippen LogP contribution is 2.33. The maximum Gasteiger partial charge on any atom is 0.251 e. The van der Waals surface area contributed by atoms with Gasteiger partial charge in [0.25, 0.3) is 5.91 Å². The fourth-order valence-electron chi connectivity index (χ4n) is 3.15. The molecule has 1 saturated heterocycles. The van der Waals surface area contributed by atoms with Crippen molar-refractivity contribution in [1.29, 1.82) is 0 Å². The number of nitrogens with one attached hydrogen (secondary N) is 2. The fraction of sp³-hybridized carbons (Fsp3) is 0.353. The average molecular weight is 385 g/mol. The number of amides is 1. The first kappa shape index (κ1) is 18.2. The van der Waals surface area contributed by atoms with E-state index in [0.29, 0.717) is 28.4 Å². The van der Waals surface area contributed by atoms with Gasteiger partial charge in [0.15, 0.2) is 35.1 Å². The number of carbonyl (C=O) groups excluding carboxylic acids is 1. The van der Waals surface area contributed by atoms with Crippen molar-refractivity contribution in [3.63, 3.8) is 0 Å². The number of hydrogen-bond donors (Lipinski definition) is 4. The highest BCUT2D eigenvalue weighted by Gasteiger charge is 2.47. The molecule has 0 aliphatic carbocycles. The topological polar surface area (TPSA) is 147 Å². The van der Waals surface area contributed by atoms with E-state index in [2.05, 4.69) is 30.6 Å². The third-order valence-corrected chi connectivity index (χ3v) is 4.60. The Kier molecular flexibility index (Phi) is 4.63. The number of ether oxygens (including phenoxy) is 1. The lowest BCUT2D eigenvalue weighted by molar-refractivity contribution is -0.137. The molecule has 0 radical (unpaired) electrons. The summed E-state index contributed by atoms with van der Waals surface area (Å²) in [5, 5.41) is 26.0. The number of hydrogen-bond acceptors (Lipinski definition) is 9. The molecule has 4 heterocycles. The number of imidazole rings is 1. The number of aliphatic hydroxyl groups excluding tert-OH is 2. The van der Waals surface area contributed by atoms with E-state index < -0.39 is 30.4 Å². The van der Waals surface area contributed by atoms with Crippen LogP contribution in [0.2, 0.25) is 0 Å². The Labute approximate surface area is 159 Å². The number of anilines is 1. The van der Waals surface area contributed by atoms with Crippen LogP contribution in [0.4, 0.5) is 5.82 Å². The van der Waals surface area contributed by atoms with Gasteiger partial charge in [-0.05, 0) is 12.1 Å². The predicted molar refractivity (Wildman–Crippen MR) is 98.1 cm³/mol. The Bertz CT molecular complexity index is 1010. The van der Waals surface area contributed by atoms with E-state index in [9.17, 15) is 15.0 Å². The molecule has 4 N–H and O–H groups in total. The van der Waals surface area contributed by atoms with Gasteiger partial charge in [0.1, 0.15) is 12.2 Å². The minimum absolute atomic E-state index is 0.381. The minimum atomic E-state index is -1.38. The molecular formula is C17H19N7O4. The molecule has 0 bridgehead atoms. The molecule has 1 aliphatic heterocycles. The van der Waals surface area contributed by atoms with Gasteiger partial charge < -0.3 is 25.6 Å². The monoisotopic (exact) mass is 385 g/mol. The Balaban J connectivity index is 1.81. The normalized spacial score (nSPS) is 24.4. The second-order valence-electron chi connectivity index (χ2n) is 6.25. The molecule has 146 valence electrons. The molecule has 11 heteroatoms. The smallest absolute Gasteiger partial charge is 0.251 e. The molecule has 1 amide bonds. The Morgan fingerprint density at radius 3 is 2.75 bits per heavy atom. The SMILES string of the molecule is CNC(=O)[C@@H]1OC(n2cnc3c(NC)nc(-c4cccnc4)nc32)C(O)C1O. The Morgan fingerprint density at radius 1 is 1.25 bits per heavy atom. The van der Waals surface area contributed by atoms with Gasteiger partial charge in [0.05, 0.1) is 6.33 Å². The van der Waals surface area contributed by atoms with Crippen LogP contribution < -0.4 is 10.6 Å². The Morgan fingerprint density at radius 2 is 2.07 bits per heavy atom. The molecule has 11 nitrogen and oxygen atoms in total. The zero-order chi connectivity index (χ0) is 19.8. The molecule has 3 aromatic heterocycles. The van der Waals surface area contributed by atoms with Crippen LogP contribution in [0.1, 0.15) is 6.23 Å². The van der Waals surface area contributed by atoms with E-state index in [1.54, 1.807) is 25.5 Å². The van der Waals surface area contributed by atoms with Crippen molar-refractivity contribution in [2.45, 2.75) is 24.5 Å². The second-order valence-corrected chi connectivity index (χ2v) is 6.25. The molecule has 3 unspecified atom stereocenters. The lowest BCUT2D eigenvalue weighted by atomic mass is 10.1. The summed E-state index contributed by atoms with van der Waals surface area (Å²) in [5.74, 6) is 0.362. The summed E-state index contributed by atoms with van der Waals surface area (Å²) in [6.07, 6.45) is -0.253. The highest BCUT2D eigenvalue weighted by molar-refractivity contribution is 5.85.